The number of nitrogen functional groups attached to an aromatic ring is 1. The van der Waals surface area contributed by atoms with Crippen molar-refractivity contribution < 1.29 is 4.79 Å². The van der Waals surface area contributed by atoms with E-state index in [9.17, 15) is 4.79 Å². The second-order valence-electron chi connectivity index (χ2n) is 5.01. The number of amides is 1. The summed E-state index contributed by atoms with van der Waals surface area (Å²) in [5.74, 6) is -0.155. The Morgan fingerprint density at radius 3 is 2.45 bits per heavy atom. The molecule has 0 fully saturated rings. The molecule has 104 valence electrons. The molecule has 0 atom stereocenters. The monoisotopic (exact) mass is 269 g/mol. The molecule has 0 unspecified atom stereocenters. The largest absolute Gasteiger partial charge is 0.399 e. The van der Waals surface area contributed by atoms with Gasteiger partial charge in [0.15, 0.2) is 0 Å². The summed E-state index contributed by atoms with van der Waals surface area (Å²) in [6.07, 6.45) is 0. The number of carbonyl (C=O) groups is 1. The van der Waals surface area contributed by atoms with Gasteiger partial charge < -0.3 is 16.0 Å². The van der Waals surface area contributed by atoms with E-state index in [4.69, 9.17) is 5.73 Å². The molecule has 1 amide bonds. The maximum atomic E-state index is 12.1. The van der Waals surface area contributed by atoms with Crippen LogP contribution in [0.1, 0.15) is 15.9 Å². The van der Waals surface area contributed by atoms with Crippen molar-refractivity contribution in [1.82, 2.24) is 4.90 Å². The third-order valence-electron chi connectivity index (χ3n) is 2.86. The lowest BCUT2D eigenvalue weighted by Crippen LogP contribution is -2.13. The standard InChI is InChI=1S/C16H19N3O/c1-19(2)11-12-6-8-15(9-7-12)18-16(20)13-4-3-5-14(17)10-13/h3-10H,11,17H2,1-2H3,(H,18,20). The van der Waals surface area contributed by atoms with E-state index in [1.54, 1.807) is 24.3 Å². The van der Waals surface area contributed by atoms with Crippen molar-refractivity contribution in [2.75, 3.05) is 25.1 Å². The Labute approximate surface area is 119 Å². The fourth-order valence-electron chi connectivity index (χ4n) is 1.94. The molecule has 2 rings (SSSR count). The van der Waals surface area contributed by atoms with E-state index < -0.39 is 0 Å². The van der Waals surface area contributed by atoms with Crippen molar-refractivity contribution in [3.05, 3.63) is 59.7 Å². The molecule has 4 heteroatoms. The molecule has 2 aromatic rings. The van der Waals surface area contributed by atoms with Crippen LogP contribution in [-0.4, -0.2) is 24.9 Å². The first-order valence-electron chi connectivity index (χ1n) is 6.45. The van der Waals surface area contributed by atoms with Crippen LogP contribution in [0.15, 0.2) is 48.5 Å². The molecule has 0 bridgehead atoms. The van der Waals surface area contributed by atoms with E-state index in [1.807, 2.05) is 38.4 Å². The van der Waals surface area contributed by atoms with E-state index >= 15 is 0 Å². The van der Waals surface area contributed by atoms with E-state index in [2.05, 4.69) is 10.2 Å². The average Bonchev–Trinajstić information content (AvgIpc) is 2.40. The highest BCUT2D eigenvalue weighted by Crippen LogP contribution is 2.13. The predicted molar refractivity (Wildman–Crippen MR) is 82.6 cm³/mol. The van der Waals surface area contributed by atoms with Gasteiger partial charge >= 0.3 is 0 Å². The Morgan fingerprint density at radius 1 is 1.15 bits per heavy atom. The van der Waals surface area contributed by atoms with Crippen LogP contribution in [0.2, 0.25) is 0 Å². The van der Waals surface area contributed by atoms with Crippen LogP contribution in [0.3, 0.4) is 0 Å². The fourth-order valence-corrected chi connectivity index (χ4v) is 1.94. The summed E-state index contributed by atoms with van der Waals surface area (Å²) < 4.78 is 0. The molecule has 0 spiro atoms. The van der Waals surface area contributed by atoms with Crippen LogP contribution in [-0.2, 0) is 6.54 Å². The van der Waals surface area contributed by atoms with Crippen LogP contribution in [0.5, 0.6) is 0 Å². The van der Waals surface area contributed by atoms with Crippen molar-refractivity contribution in [2.24, 2.45) is 0 Å². The van der Waals surface area contributed by atoms with Crippen LogP contribution < -0.4 is 11.1 Å². The lowest BCUT2D eigenvalue weighted by Gasteiger charge is -2.10. The zero-order valence-electron chi connectivity index (χ0n) is 11.8. The fraction of sp³-hybridized carbons (Fsp3) is 0.188. The van der Waals surface area contributed by atoms with E-state index in [0.717, 1.165) is 12.2 Å². The van der Waals surface area contributed by atoms with Gasteiger partial charge in [-0.15, -0.1) is 0 Å². The second kappa shape index (κ2) is 6.21. The second-order valence-corrected chi connectivity index (χ2v) is 5.01. The molecule has 0 saturated heterocycles. The Kier molecular flexibility index (Phi) is 4.38. The first-order valence-corrected chi connectivity index (χ1v) is 6.45. The van der Waals surface area contributed by atoms with Gasteiger partial charge in [-0.25, -0.2) is 0 Å². The number of nitrogens with one attached hydrogen (secondary N) is 1. The number of hydrogen-bond donors (Lipinski definition) is 2. The number of nitrogens with zero attached hydrogens (tertiary/aromatic N) is 1. The molecular weight excluding hydrogens is 250 g/mol. The highest BCUT2D eigenvalue weighted by atomic mass is 16.1. The molecule has 0 saturated carbocycles. The summed E-state index contributed by atoms with van der Waals surface area (Å²) >= 11 is 0. The zero-order chi connectivity index (χ0) is 14.5. The van der Waals surface area contributed by atoms with Gasteiger partial charge in [0, 0.05) is 23.5 Å². The van der Waals surface area contributed by atoms with Crippen LogP contribution in [0, 0.1) is 0 Å². The quantitative estimate of drug-likeness (QED) is 0.839. The third-order valence-corrected chi connectivity index (χ3v) is 2.86. The van der Waals surface area contributed by atoms with E-state index in [-0.39, 0.29) is 5.91 Å². The SMILES string of the molecule is CN(C)Cc1ccc(NC(=O)c2cccc(N)c2)cc1. The van der Waals surface area contributed by atoms with Gasteiger partial charge in [-0.2, -0.15) is 0 Å². The predicted octanol–water partition coefficient (Wildman–Crippen LogP) is 2.58. The molecule has 0 heterocycles. The molecule has 0 aliphatic carbocycles. The maximum Gasteiger partial charge on any atom is 0.255 e. The smallest absolute Gasteiger partial charge is 0.255 e. The van der Waals surface area contributed by atoms with Crippen molar-refractivity contribution in [1.29, 1.82) is 0 Å². The normalized spacial score (nSPS) is 10.6. The van der Waals surface area contributed by atoms with Gasteiger partial charge in [0.25, 0.3) is 5.91 Å². The van der Waals surface area contributed by atoms with Gasteiger partial charge in [0.2, 0.25) is 0 Å². The minimum Gasteiger partial charge on any atom is -0.399 e. The summed E-state index contributed by atoms with van der Waals surface area (Å²) in [6, 6.07) is 14.8. The Balaban J connectivity index is 2.04. The maximum absolute atomic E-state index is 12.1. The van der Waals surface area contributed by atoms with Crippen molar-refractivity contribution >= 4 is 17.3 Å². The summed E-state index contributed by atoms with van der Waals surface area (Å²) in [4.78, 5) is 14.2. The molecule has 20 heavy (non-hydrogen) atoms. The minimum atomic E-state index is -0.155. The number of anilines is 2. The first-order chi connectivity index (χ1) is 9.54. The molecule has 0 aliphatic rings. The summed E-state index contributed by atoms with van der Waals surface area (Å²) in [6.45, 7) is 0.878. The van der Waals surface area contributed by atoms with E-state index in [1.165, 1.54) is 5.56 Å². The van der Waals surface area contributed by atoms with Gasteiger partial charge in [-0.3, -0.25) is 4.79 Å². The van der Waals surface area contributed by atoms with Gasteiger partial charge in [0.1, 0.15) is 0 Å². The lowest BCUT2D eigenvalue weighted by atomic mass is 10.1. The van der Waals surface area contributed by atoms with Crippen LogP contribution in [0.4, 0.5) is 11.4 Å². The number of rotatable bonds is 4. The molecular formula is C16H19N3O. The highest BCUT2D eigenvalue weighted by Gasteiger charge is 2.06. The number of hydrogen-bond acceptors (Lipinski definition) is 3. The molecule has 0 radical (unpaired) electrons. The average molecular weight is 269 g/mol. The van der Waals surface area contributed by atoms with Crippen molar-refractivity contribution in [3.63, 3.8) is 0 Å². The van der Waals surface area contributed by atoms with Crippen molar-refractivity contribution in [3.8, 4) is 0 Å². The van der Waals surface area contributed by atoms with Crippen LogP contribution >= 0.6 is 0 Å². The minimum absolute atomic E-state index is 0.155. The molecule has 4 nitrogen and oxygen atoms in total. The lowest BCUT2D eigenvalue weighted by molar-refractivity contribution is 0.102. The Hall–Kier alpha value is -2.33. The molecule has 0 aliphatic heterocycles. The van der Waals surface area contributed by atoms with Crippen LogP contribution in [0.25, 0.3) is 0 Å². The number of benzene rings is 2. The summed E-state index contributed by atoms with van der Waals surface area (Å²) in [5, 5.41) is 2.86. The number of nitrogens with two attached hydrogens (primary N) is 1. The van der Waals surface area contributed by atoms with Crippen molar-refractivity contribution in [2.45, 2.75) is 6.54 Å². The summed E-state index contributed by atoms with van der Waals surface area (Å²) in [5.41, 5.74) is 8.79. The molecule has 0 aromatic heterocycles. The summed E-state index contributed by atoms with van der Waals surface area (Å²) in [7, 11) is 4.05. The first kappa shape index (κ1) is 14.1. The van der Waals surface area contributed by atoms with Gasteiger partial charge in [-0.05, 0) is 50.0 Å². The highest BCUT2D eigenvalue weighted by molar-refractivity contribution is 6.04. The number of carbonyl (C=O) groups excluding carboxylic acids is 1. The molecule has 3 N–H and O–H groups in total. The van der Waals surface area contributed by atoms with Gasteiger partial charge in [0.05, 0.1) is 0 Å². The topological polar surface area (TPSA) is 58.4 Å². The Morgan fingerprint density at radius 2 is 1.85 bits per heavy atom. The Bertz CT molecular complexity index is 591. The third kappa shape index (κ3) is 3.83. The van der Waals surface area contributed by atoms with E-state index in [0.29, 0.717) is 11.3 Å². The zero-order valence-corrected chi connectivity index (χ0v) is 11.8. The van der Waals surface area contributed by atoms with Gasteiger partial charge in [-0.1, -0.05) is 18.2 Å². The molecule has 2 aromatic carbocycles.